The SMILES string of the molecule is CCCNS(=O)(=O)c1cc(CNC2CC2)ccc1OC. The van der Waals surface area contributed by atoms with Crippen molar-refractivity contribution in [2.45, 2.75) is 43.7 Å². The Morgan fingerprint density at radius 1 is 1.35 bits per heavy atom. The van der Waals surface area contributed by atoms with Crippen LogP contribution in [0, 0.1) is 0 Å². The Labute approximate surface area is 120 Å². The van der Waals surface area contributed by atoms with Crippen molar-refractivity contribution in [3.05, 3.63) is 23.8 Å². The molecule has 0 unspecified atom stereocenters. The molecule has 5 nitrogen and oxygen atoms in total. The van der Waals surface area contributed by atoms with Crippen LogP contribution in [0.1, 0.15) is 31.7 Å². The molecule has 0 bridgehead atoms. The molecule has 2 N–H and O–H groups in total. The quantitative estimate of drug-likeness (QED) is 0.765. The fraction of sp³-hybridized carbons (Fsp3) is 0.571. The summed E-state index contributed by atoms with van der Waals surface area (Å²) >= 11 is 0. The molecule has 0 radical (unpaired) electrons. The number of ether oxygens (including phenoxy) is 1. The Bertz CT molecular complexity index is 554. The first-order chi connectivity index (χ1) is 9.56. The summed E-state index contributed by atoms with van der Waals surface area (Å²) in [5.74, 6) is 0.378. The van der Waals surface area contributed by atoms with E-state index in [1.165, 1.54) is 20.0 Å². The largest absolute Gasteiger partial charge is 0.495 e. The number of hydrogen-bond acceptors (Lipinski definition) is 4. The molecule has 6 heteroatoms. The highest BCUT2D eigenvalue weighted by Crippen LogP contribution is 2.25. The first kappa shape index (κ1) is 15.3. The molecule has 20 heavy (non-hydrogen) atoms. The summed E-state index contributed by atoms with van der Waals surface area (Å²) in [5, 5.41) is 3.38. The average Bonchev–Trinajstić information content (AvgIpc) is 3.27. The molecule has 1 saturated carbocycles. The number of methoxy groups -OCH3 is 1. The molecule has 0 spiro atoms. The second kappa shape index (κ2) is 6.56. The van der Waals surface area contributed by atoms with E-state index in [0.717, 1.165) is 12.0 Å². The molecule has 1 aliphatic rings. The lowest BCUT2D eigenvalue weighted by Crippen LogP contribution is -2.25. The van der Waals surface area contributed by atoms with Gasteiger partial charge in [-0.05, 0) is 37.0 Å². The molecule has 0 amide bonds. The zero-order chi connectivity index (χ0) is 14.6. The van der Waals surface area contributed by atoms with Gasteiger partial charge in [0.25, 0.3) is 0 Å². The van der Waals surface area contributed by atoms with E-state index in [2.05, 4.69) is 10.0 Å². The summed E-state index contributed by atoms with van der Waals surface area (Å²) in [6, 6.07) is 5.89. The van der Waals surface area contributed by atoms with E-state index in [4.69, 9.17) is 4.74 Å². The van der Waals surface area contributed by atoms with Gasteiger partial charge in [-0.3, -0.25) is 0 Å². The van der Waals surface area contributed by atoms with Crippen molar-refractivity contribution in [1.82, 2.24) is 10.0 Å². The minimum absolute atomic E-state index is 0.212. The van der Waals surface area contributed by atoms with Gasteiger partial charge in [-0.25, -0.2) is 13.1 Å². The number of rotatable bonds is 8. The molecule has 1 fully saturated rings. The number of hydrogen-bond donors (Lipinski definition) is 2. The fourth-order valence-electron chi connectivity index (χ4n) is 1.90. The van der Waals surface area contributed by atoms with Crippen LogP contribution >= 0.6 is 0 Å². The minimum atomic E-state index is -3.51. The van der Waals surface area contributed by atoms with Crippen LogP contribution in [0.15, 0.2) is 23.1 Å². The Balaban J connectivity index is 2.20. The first-order valence-corrected chi connectivity index (χ1v) is 8.45. The lowest BCUT2D eigenvalue weighted by atomic mass is 10.2. The van der Waals surface area contributed by atoms with Crippen LogP contribution in [0.2, 0.25) is 0 Å². The Kier molecular flexibility index (Phi) is 5.01. The van der Waals surface area contributed by atoms with Crippen molar-refractivity contribution < 1.29 is 13.2 Å². The second-order valence-electron chi connectivity index (χ2n) is 5.04. The van der Waals surface area contributed by atoms with Gasteiger partial charge < -0.3 is 10.1 Å². The zero-order valence-electron chi connectivity index (χ0n) is 12.0. The third-order valence-electron chi connectivity index (χ3n) is 3.23. The third-order valence-corrected chi connectivity index (χ3v) is 4.71. The highest BCUT2D eigenvalue weighted by molar-refractivity contribution is 7.89. The maximum absolute atomic E-state index is 12.3. The number of sulfonamides is 1. The predicted molar refractivity (Wildman–Crippen MR) is 78.3 cm³/mol. The molecule has 0 atom stereocenters. The van der Waals surface area contributed by atoms with Gasteiger partial charge in [-0.1, -0.05) is 13.0 Å². The van der Waals surface area contributed by atoms with Gasteiger partial charge >= 0.3 is 0 Å². The van der Waals surface area contributed by atoms with E-state index in [1.807, 2.05) is 13.0 Å². The van der Waals surface area contributed by atoms with E-state index in [9.17, 15) is 8.42 Å². The van der Waals surface area contributed by atoms with Gasteiger partial charge in [0.05, 0.1) is 7.11 Å². The normalized spacial score (nSPS) is 15.3. The van der Waals surface area contributed by atoms with Crippen molar-refractivity contribution in [3.63, 3.8) is 0 Å². The second-order valence-corrected chi connectivity index (χ2v) is 6.77. The molecule has 1 aromatic rings. The van der Waals surface area contributed by atoms with Crippen LogP contribution in [0.3, 0.4) is 0 Å². The van der Waals surface area contributed by atoms with Gasteiger partial charge in [0, 0.05) is 19.1 Å². The van der Waals surface area contributed by atoms with Crippen molar-refractivity contribution in [2.24, 2.45) is 0 Å². The van der Waals surface area contributed by atoms with E-state index >= 15 is 0 Å². The van der Waals surface area contributed by atoms with Crippen molar-refractivity contribution in [3.8, 4) is 5.75 Å². The van der Waals surface area contributed by atoms with E-state index < -0.39 is 10.0 Å². The van der Waals surface area contributed by atoms with E-state index in [0.29, 0.717) is 24.9 Å². The highest BCUT2D eigenvalue weighted by atomic mass is 32.2. The Hall–Kier alpha value is -1.11. The Morgan fingerprint density at radius 2 is 2.10 bits per heavy atom. The van der Waals surface area contributed by atoms with Gasteiger partial charge in [-0.15, -0.1) is 0 Å². The number of benzene rings is 1. The summed E-state index contributed by atoms with van der Waals surface area (Å²) in [4.78, 5) is 0.212. The molecular weight excluding hydrogens is 276 g/mol. The maximum Gasteiger partial charge on any atom is 0.244 e. The van der Waals surface area contributed by atoms with E-state index in [-0.39, 0.29) is 4.90 Å². The summed E-state index contributed by atoms with van der Waals surface area (Å²) in [6.07, 6.45) is 3.17. The van der Waals surface area contributed by atoms with Gasteiger partial charge in [-0.2, -0.15) is 0 Å². The smallest absolute Gasteiger partial charge is 0.244 e. The lowest BCUT2D eigenvalue weighted by molar-refractivity contribution is 0.402. The van der Waals surface area contributed by atoms with Crippen molar-refractivity contribution in [1.29, 1.82) is 0 Å². The molecule has 0 heterocycles. The van der Waals surface area contributed by atoms with Crippen LogP contribution < -0.4 is 14.8 Å². The molecular formula is C14H22N2O3S. The first-order valence-electron chi connectivity index (χ1n) is 6.96. The van der Waals surface area contributed by atoms with Crippen LogP contribution in [-0.2, 0) is 16.6 Å². The van der Waals surface area contributed by atoms with Crippen molar-refractivity contribution >= 4 is 10.0 Å². The van der Waals surface area contributed by atoms with Crippen LogP contribution in [0.5, 0.6) is 5.75 Å². The average molecular weight is 298 g/mol. The molecule has 112 valence electrons. The summed E-state index contributed by atoms with van der Waals surface area (Å²) in [5.41, 5.74) is 0.953. The Morgan fingerprint density at radius 3 is 2.70 bits per heavy atom. The standard InChI is InChI=1S/C14H22N2O3S/c1-3-8-16-20(17,18)14-9-11(4-7-13(14)19-2)10-15-12-5-6-12/h4,7,9,12,15-16H,3,5-6,8,10H2,1-2H3. The zero-order valence-corrected chi connectivity index (χ0v) is 12.8. The summed E-state index contributed by atoms with van der Waals surface area (Å²) in [7, 11) is -2.03. The van der Waals surface area contributed by atoms with E-state index in [1.54, 1.807) is 12.1 Å². The molecule has 1 aromatic carbocycles. The lowest BCUT2D eigenvalue weighted by Gasteiger charge is -2.12. The molecule has 1 aliphatic carbocycles. The molecule has 0 saturated heterocycles. The maximum atomic E-state index is 12.3. The molecule has 2 rings (SSSR count). The highest BCUT2D eigenvalue weighted by Gasteiger charge is 2.22. The van der Waals surface area contributed by atoms with Gasteiger partial charge in [0.1, 0.15) is 10.6 Å². The molecule has 0 aromatic heterocycles. The third kappa shape index (κ3) is 3.94. The molecule has 0 aliphatic heterocycles. The predicted octanol–water partition coefficient (Wildman–Crippen LogP) is 1.64. The van der Waals surface area contributed by atoms with Crippen LogP contribution in [0.4, 0.5) is 0 Å². The summed E-state index contributed by atoms with van der Waals surface area (Å²) in [6.45, 7) is 3.04. The van der Waals surface area contributed by atoms with Crippen LogP contribution in [-0.4, -0.2) is 28.1 Å². The minimum Gasteiger partial charge on any atom is -0.495 e. The number of nitrogens with one attached hydrogen (secondary N) is 2. The van der Waals surface area contributed by atoms with Crippen LogP contribution in [0.25, 0.3) is 0 Å². The fourth-order valence-corrected chi connectivity index (χ4v) is 3.26. The monoisotopic (exact) mass is 298 g/mol. The topological polar surface area (TPSA) is 67.4 Å². The van der Waals surface area contributed by atoms with Gasteiger partial charge in [0.15, 0.2) is 0 Å². The van der Waals surface area contributed by atoms with Gasteiger partial charge in [0.2, 0.25) is 10.0 Å². The summed E-state index contributed by atoms with van der Waals surface area (Å²) < 4.78 is 32.3. The van der Waals surface area contributed by atoms with Crippen molar-refractivity contribution in [2.75, 3.05) is 13.7 Å².